The Bertz CT molecular complexity index is 634. The van der Waals surface area contributed by atoms with E-state index in [4.69, 9.17) is 5.73 Å². The van der Waals surface area contributed by atoms with E-state index in [1.165, 1.54) is 56.7 Å². The molecule has 5 heteroatoms. The smallest absolute Gasteiger partial charge is 0.269 e. The van der Waals surface area contributed by atoms with E-state index in [1.54, 1.807) is 0 Å². The van der Waals surface area contributed by atoms with Gasteiger partial charge in [0, 0.05) is 5.39 Å². The van der Waals surface area contributed by atoms with E-state index in [0.29, 0.717) is 5.69 Å². The molecule has 0 aliphatic heterocycles. The number of aryl methyl sites for hydroxylation is 1. The molecule has 23 heavy (non-hydrogen) atoms. The molecule has 3 rings (SSSR count). The summed E-state index contributed by atoms with van der Waals surface area (Å²) in [7, 11) is 0. The molecule has 0 atom stereocenters. The first-order valence-electron chi connectivity index (χ1n) is 8.48. The molecule has 0 radical (unpaired) electrons. The molecule has 1 aromatic carbocycles. The van der Waals surface area contributed by atoms with Gasteiger partial charge in [0.25, 0.3) is 5.91 Å². The third-order valence-corrected chi connectivity index (χ3v) is 5.07. The van der Waals surface area contributed by atoms with Crippen LogP contribution in [0.15, 0.2) is 18.2 Å². The maximum absolute atomic E-state index is 11.0. The zero-order chi connectivity index (χ0) is 16.7. The number of nitrogens with one attached hydrogen (secondary N) is 1. The van der Waals surface area contributed by atoms with Crippen LogP contribution in [0.4, 0.5) is 0 Å². The SMILES string of the molecule is CCCNCCC1CCC1.Cc1ccc2snc(C(N)=O)c2c1. The average Bonchev–Trinajstić information content (AvgIpc) is 2.89. The van der Waals surface area contributed by atoms with E-state index in [9.17, 15) is 4.79 Å². The summed E-state index contributed by atoms with van der Waals surface area (Å²) in [6.45, 7) is 6.64. The summed E-state index contributed by atoms with van der Waals surface area (Å²) in [6, 6.07) is 5.87. The van der Waals surface area contributed by atoms with Crippen LogP contribution < -0.4 is 11.1 Å². The van der Waals surface area contributed by atoms with Gasteiger partial charge >= 0.3 is 0 Å². The van der Waals surface area contributed by atoms with E-state index < -0.39 is 5.91 Å². The van der Waals surface area contributed by atoms with Crippen molar-refractivity contribution in [3.8, 4) is 0 Å². The lowest BCUT2D eigenvalue weighted by molar-refractivity contribution is 0.0998. The van der Waals surface area contributed by atoms with Gasteiger partial charge in [0.2, 0.25) is 0 Å². The Labute approximate surface area is 142 Å². The van der Waals surface area contributed by atoms with Crippen LogP contribution in [-0.2, 0) is 0 Å². The van der Waals surface area contributed by atoms with Gasteiger partial charge in [-0.05, 0) is 62.4 Å². The van der Waals surface area contributed by atoms with Crippen LogP contribution in [-0.4, -0.2) is 23.4 Å². The molecular weight excluding hydrogens is 306 g/mol. The van der Waals surface area contributed by atoms with E-state index in [2.05, 4.69) is 16.6 Å². The lowest BCUT2D eigenvalue weighted by Gasteiger charge is -2.25. The van der Waals surface area contributed by atoms with Gasteiger partial charge in [0.1, 0.15) is 5.69 Å². The van der Waals surface area contributed by atoms with Crippen LogP contribution in [0.2, 0.25) is 0 Å². The second-order valence-corrected chi connectivity index (χ2v) is 7.04. The number of amides is 1. The summed E-state index contributed by atoms with van der Waals surface area (Å²) in [4.78, 5) is 11.0. The first-order valence-corrected chi connectivity index (χ1v) is 9.25. The fourth-order valence-corrected chi connectivity index (χ4v) is 3.38. The second-order valence-electron chi connectivity index (χ2n) is 6.23. The minimum absolute atomic E-state index is 0.378. The molecule has 1 aliphatic carbocycles. The quantitative estimate of drug-likeness (QED) is 0.788. The maximum Gasteiger partial charge on any atom is 0.269 e. The third kappa shape index (κ3) is 5.29. The number of benzene rings is 1. The Hall–Kier alpha value is -1.46. The molecule has 3 N–H and O–H groups in total. The molecule has 1 amide bonds. The van der Waals surface area contributed by atoms with Crippen molar-refractivity contribution in [3.63, 3.8) is 0 Å². The van der Waals surface area contributed by atoms with Crippen LogP contribution in [0.3, 0.4) is 0 Å². The first kappa shape index (κ1) is 17.9. The summed E-state index contributed by atoms with van der Waals surface area (Å²) < 4.78 is 5.00. The highest BCUT2D eigenvalue weighted by Gasteiger charge is 2.15. The predicted octanol–water partition coefficient (Wildman–Crippen LogP) is 3.88. The number of aromatic nitrogens is 1. The molecule has 4 nitrogen and oxygen atoms in total. The predicted molar refractivity (Wildman–Crippen MR) is 98.0 cm³/mol. The number of nitrogens with zero attached hydrogens (tertiary/aromatic N) is 1. The van der Waals surface area contributed by atoms with Crippen molar-refractivity contribution < 1.29 is 4.79 Å². The Morgan fingerprint density at radius 3 is 2.78 bits per heavy atom. The van der Waals surface area contributed by atoms with Crippen molar-refractivity contribution in [1.29, 1.82) is 0 Å². The van der Waals surface area contributed by atoms with E-state index in [0.717, 1.165) is 21.6 Å². The molecule has 0 bridgehead atoms. The molecule has 2 aromatic rings. The fourth-order valence-electron chi connectivity index (χ4n) is 2.62. The van der Waals surface area contributed by atoms with E-state index >= 15 is 0 Å². The lowest BCUT2D eigenvalue weighted by atomic mass is 9.83. The number of hydrogen-bond acceptors (Lipinski definition) is 4. The lowest BCUT2D eigenvalue weighted by Crippen LogP contribution is -2.21. The van der Waals surface area contributed by atoms with Gasteiger partial charge in [0.15, 0.2) is 0 Å². The molecule has 1 fully saturated rings. The molecule has 1 aliphatic rings. The number of fused-ring (bicyclic) bond motifs is 1. The molecule has 1 heterocycles. The van der Waals surface area contributed by atoms with Crippen molar-refractivity contribution in [3.05, 3.63) is 29.5 Å². The zero-order valence-electron chi connectivity index (χ0n) is 14.1. The molecule has 0 unspecified atom stereocenters. The van der Waals surface area contributed by atoms with Gasteiger partial charge in [-0.2, -0.15) is 4.37 Å². The van der Waals surface area contributed by atoms with Gasteiger partial charge < -0.3 is 11.1 Å². The molecule has 0 spiro atoms. The van der Waals surface area contributed by atoms with Crippen molar-refractivity contribution in [2.75, 3.05) is 13.1 Å². The molecule has 126 valence electrons. The number of rotatable bonds is 6. The Morgan fingerprint density at radius 2 is 2.17 bits per heavy atom. The normalized spacial score (nSPS) is 14.2. The van der Waals surface area contributed by atoms with E-state index in [-0.39, 0.29) is 0 Å². The zero-order valence-corrected chi connectivity index (χ0v) is 14.9. The summed E-state index contributed by atoms with van der Waals surface area (Å²) in [5.41, 5.74) is 6.66. The van der Waals surface area contributed by atoms with Gasteiger partial charge in [-0.3, -0.25) is 4.79 Å². The van der Waals surface area contributed by atoms with Gasteiger partial charge in [-0.25, -0.2) is 0 Å². The number of primary amides is 1. The fraction of sp³-hybridized carbons (Fsp3) is 0.556. The van der Waals surface area contributed by atoms with Crippen molar-refractivity contribution >= 4 is 27.5 Å². The van der Waals surface area contributed by atoms with Crippen LogP contribution in [0.25, 0.3) is 10.1 Å². The van der Waals surface area contributed by atoms with Crippen LogP contribution >= 0.6 is 11.5 Å². The second kappa shape index (κ2) is 8.99. The van der Waals surface area contributed by atoms with Gasteiger partial charge in [0.05, 0.1) is 4.70 Å². The summed E-state index contributed by atoms with van der Waals surface area (Å²) in [6.07, 6.45) is 7.16. The Balaban J connectivity index is 0.000000174. The topological polar surface area (TPSA) is 68.0 Å². The largest absolute Gasteiger partial charge is 0.364 e. The third-order valence-electron chi connectivity index (χ3n) is 4.24. The van der Waals surface area contributed by atoms with Crippen molar-refractivity contribution in [2.24, 2.45) is 11.7 Å². The average molecular weight is 334 g/mol. The molecule has 1 saturated carbocycles. The summed E-state index contributed by atoms with van der Waals surface area (Å²) in [5, 5.41) is 4.29. The first-order chi connectivity index (χ1) is 11.1. The van der Waals surface area contributed by atoms with Crippen molar-refractivity contribution in [1.82, 2.24) is 9.69 Å². The number of carbonyl (C=O) groups excluding carboxylic acids is 1. The van der Waals surface area contributed by atoms with Crippen molar-refractivity contribution in [2.45, 2.75) is 46.0 Å². The van der Waals surface area contributed by atoms with Crippen LogP contribution in [0.5, 0.6) is 0 Å². The highest BCUT2D eigenvalue weighted by atomic mass is 32.1. The monoisotopic (exact) mass is 333 g/mol. The number of hydrogen-bond donors (Lipinski definition) is 2. The molecule has 1 aromatic heterocycles. The minimum Gasteiger partial charge on any atom is -0.364 e. The summed E-state index contributed by atoms with van der Waals surface area (Å²) >= 11 is 1.30. The van der Waals surface area contributed by atoms with Gasteiger partial charge in [-0.15, -0.1) is 0 Å². The maximum atomic E-state index is 11.0. The summed E-state index contributed by atoms with van der Waals surface area (Å²) in [5.74, 6) is 0.612. The number of nitrogens with two attached hydrogens (primary N) is 1. The van der Waals surface area contributed by atoms with Gasteiger partial charge in [-0.1, -0.05) is 37.8 Å². The highest BCUT2D eigenvalue weighted by molar-refractivity contribution is 7.13. The standard InChI is InChI=1S/C9H8N2OS.C9H19N/c1-5-2-3-7-6(4-5)8(9(10)12)11-13-7;1-2-7-10-8-6-9-4-3-5-9/h2-4H,1H3,(H2,10,12);9-10H,2-8H2,1H3. The van der Waals surface area contributed by atoms with Crippen LogP contribution in [0.1, 0.15) is 55.1 Å². The highest BCUT2D eigenvalue weighted by Crippen LogP contribution is 2.28. The Kier molecular flexibility index (Phi) is 6.99. The molecule has 0 saturated heterocycles. The molecular formula is C18H27N3OS. The minimum atomic E-state index is -0.461. The Morgan fingerprint density at radius 1 is 1.39 bits per heavy atom. The van der Waals surface area contributed by atoms with Crippen LogP contribution in [0, 0.1) is 12.8 Å². The van der Waals surface area contributed by atoms with E-state index in [1.807, 2.05) is 25.1 Å². The number of carbonyl (C=O) groups is 1.